The van der Waals surface area contributed by atoms with E-state index in [-0.39, 0.29) is 23.2 Å². The van der Waals surface area contributed by atoms with Crippen LogP contribution in [0.2, 0.25) is 0 Å². The number of hydrogen-bond donors (Lipinski definition) is 0. The van der Waals surface area contributed by atoms with Crippen LogP contribution < -0.4 is 9.64 Å². The van der Waals surface area contributed by atoms with E-state index < -0.39 is 6.10 Å². The zero-order valence-corrected chi connectivity index (χ0v) is 12.1. The molecule has 0 aliphatic carbocycles. The van der Waals surface area contributed by atoms with Crippen LogP contribution in [0, 0.1) is 11.3 Å². The van der Waals surface area contributed by atoms with Gasteiger partial charge in [-0.3, -0.25) is 9.59 Å². The molecule has 0 saturated heterocycles. The number of rotatable bonds is 4. The lowest BCUT2D eigenvalue weighted by Gasteiger charge is -2.30. The number of carbonyl (C=O) groups is 2. The minimum absolute atomic E-state index is 0.0625. The zero-order chi connectivity index (χ0) is 14.7. The van der Waals surface area contributed by atoms with Crippen LogP contribution in [0.25, 0.3) is 0 Å². The van der Waals surface area contributed by atoms with Gasteiger partial charge in [0.25, 0.3) is 5.91 Å². The number of ketones is 1. The minimum atomic E-state index is -0.514. The van der Waals surface area contributed by atoms with Gasteiger partial charge in [0, 0.05) is 12.6 Å². The van der Waals surface area contributed by atoms with Gasteiger partial charge in [-0.2, -0.15) is 5.26 Å². The van der Waals surface area contributed by atoms with Crippen molar-refractivity contribution in [1.82, 2.24) is 0 Å². The molecule has 0 radical (unpaired) electrons. The standard InChI is InChI=1S/C14H14N2O3S/c1-9-14(18)16(2)11-7-10(3-4-13(11)19-9)12(17)8-20-6-5-15/h3-4,7,9H,6,8H2,1-2H3. The molecular weight excluding hydrogens is 276 g/mol. The van der Waals surface area contributed by atoms with Gasteiger partial charge < -0.3 is 9.64 Å². The maximum Gasteiger partial charge on any atom is 0.267 e. The maximum absolute atomic E-state index is 12.0. The summed E-state index contributed by atoms with van der Waals surface area (Å²) in [4.78, 5) is 25.3. The average Bonchev–Trinajstić information content (AvgIpc) is 2.45. The quantitative estimate of drug-likeness (QED) is 0.625. The van der Waals surface area contributed by atoms with Crippen molar-refractivity contribution in [3.05, 3.63) is 23.8 Å². The summed E-state index contributed by atoms with van der Waals surface area (Å²) in [6.45, 7) is 1.69. The Morgan fingerprint density at radius 2 is 2.30 bits per heavy atom. The highest BCUT2D eigenvalue weighted by atomic mass is 32.2. The maximum atomic E-state index is 12.0. The number of hydrogen-bond acceptors (Lipinski definition) is 5. The van der Waals surface area contributed by atoms with Crippen LogP contribution in [0.15, 0.2) is 18.2 Å². The summed E-state index contributed by atoms with van der Waals surface area (Å²) in [7, 11) is 1.67. The van der Waals surface area contributed by atoms with E-state index in [0.717, 1.165) is 0 Å². The first-order valence-electron chi connectivity index (χ1n) is 6.10. The molecule has 1 aliphatic rings. The third kappa shape index (κ3) is 2.78. The Labute approximate surface area is 121 Å². The van der Waals surface area contributed by atoms with Gasteiger partial charge in [-0.15, -0.1) is 11.8 Å². The number of amides is 1. The summed E-state index contributed by atoms with van der Waals surface area (Å²) in [6.07, 6.45) is -0.514. The fourth-order valence-electron chi connectivity index (χ4n) is 1.96. The number of Topliss-reactive ketones (excluding diaryl/α,β-unsaturated/α-hetero) is 1. The third-order valence-electron chi connectivity index (χ3n) is 3.02. The molecule has 0 bridgehead atoms. The number of nitrogens with zero attached hydrogens (tertiary/aromatic N) is 2. The molecule has 1 aromatic carbocycles. The summed E-state index contributed by atoms with van der Waals surface area (Å²) in [5.41, 5.74) is 1.12. The molecule has 0 fully saturated rings. The van der Waals surface area contributed by atoms with E-state index in [2.05, 4.69) is 0 Å². The number of benzene rings is 1. The van der Waals surface area contributed by atoms with Gasteiger partial charge in [-0.25, -0.2) is 0 Å². The minimum Gasteiger partial charge on any atom is -0.479 e. The van der Waals surface area contributed by atoms with Crippen molar-refractivity contribution in [1.29, 1.82) is 5.26 Å². The van der Waals surface area contributed by atoms with E-state index in [0.29, 0.717) is 17.0 Å². The first kappa shape index (κ1) is 14.4. The average molecular weight is 290 g/mol. The van der Waals surface area contributed by atoms with Crippen molar-refractivity contribution in [3.63, 3.8) is 0 Å². The van der Waals surface area contributed by atoms with Crippen LogP contribution in [0.3, 0.4) is 0 Å². The lowest BCUT2D eigenvalue weighted by Crippen LogP contribution is -2.42. The van der Waals surface area contributed by atoms with Crippen molar-refractivity contribution in [2.75, 3.05) is 23.5 Å². The second-order valence-corrected chi connectivity index (χ2v) is 5.40. The molecule has 1 amide bonds. The largest absolute Gasteiger partial charge is 0.479 e. The molecule has 6 heteroatoms. The lowest BCUT2D eigenvalue weighted by atomic mass is 10.1. The first-order valence-corrected chi connectivity index (χ1v) is 7.26. The molecule has 0 spiro atoms. The molecule has 1 atom stereocenters. The third-order valence-corrected chi connectivity index (χ3v) is 3.82. The van der Waals surface area contributed by atoms with Crippen LogP contribution in [0.1, 0.15) is 17.3 Å². The monoisotopic (exact) mass is 290 g/mol. The van der Waals surface area contributed by atoms with E-state index in [4.69, 9.17) is 10.00 Å². The summed E-state index contributed by atoms with van der Waals surface area (Å²) >= 11 is 1.27. The highest BCUT2D eigenvalue weighted by Crippen LogP contribution is 2.34. The van der Waals surface area contributed by atoms with Crippen LogP contribution in [0.4, 0.5) is 5.69 Å². The topological polar surface area (TPSA) is 70.4 Å². The Morgan fingerprint density at radius 3 is 3.00 bits per heavy atom. The Balaban J connectivity index is 2.22. The predicted octanol–water partition coefficient (Wildman–Crippen LogP) is 1.87. The second-order valence-electron chi connectivity index (χ2n) is 4.41. The molecule has 1 aromatic rings. The fourth-order valence-corrected chi connectivity index (χ4v) is 2.50. The highest BCUT2D eigenvalue weighted by molar-refractivity contribution is 8.00. The number of ether oxygens (including phenoxy) is 1. The first-order chi connectivity index (χ1) is 9.54. The molecule has 0 N–H and O–H groups in total. The van der Waals surface area contributed by atoms with Gasteiger partial charge in [0.1, 0.15) is 5.75 Å². The molecule has 1 heterocycles. The summed E-state index contributed by atoms with van der Waals surface area (Å²) < 4.78 is 5.50. The van der Waals surface area contributed by atoms with Gasteiger partial charge in [-0.05, 0) is 25.1 Å². The van der Waals surface area contributed by atoms with E-state index >= 15 is 0 Å². The van der Waals surface area contributed by atoms with Crippen molar-refractivity contribution in [3.8, 4) is 11.8 Å². The lowest BCUT2D eigenvalue weighted by molar-refractivity contribution is -0.125. The number of carbonyl (C=O) groups excluding carboxylic acids is 2. The number of likely N-dealkylation sites (N-methyl/N-ethyl adjacent to an activating group) is 1. The van der Waals surface area contributed by atoms with E-state index in [1.807, 2.05) is 6.07 Å². The molecule has 0 aromatic heterocycles. The Bertz CT molecular complexity index is 595. The van der Waals surface area contributed by atoms with Gasteiger partial charge in [0.05, 0.1) is 23.3 Å². The fraction of sp³-hybridized carbons (Fsp3) is 0.357. The SMILES string of the molecule is CC1Oc2ccc(C(=O)CSCC#N)cc2N(C)C1=O. The number of nitriles is 1. The molecule has 1 aliphatic heterocycles. The summed E-state index contributed by atoms with van der Waals surface area (Å²) in [5.74, 6) is 0.936. The van der Waals surface area contributed by atoms with Gasteiger partial charge >= 0.3 is 0 Å². The van der Waals surface area contributed by atoms with Crippen molar-refractivity contribution < 1.29 is 14.3 Å². The highest BCUT2D eigenvalue weighted by Gasteiger charge is 2.29. The van der Waals surface area contributed by atoms with Crippen LogP contribution in [-0.2, 0) is 4.79 Å². The van der Waals surface area contributed by atoms with Crippen LogP contribution in [0.5, 0.6) is 5.75 Å². The Morgan fingerprint density at radius 1 is 1.55 bits per heavy atom. The van der Waals surface area contributed by atoms with Gasteiger partial charge in [0.2, 0.25) is 0 Å². The van der Waals surface area contributed by atoms with E-state index in [1.54, 1.807) is 32.2 Å². The van der Waals surface area contributed by atoms with E-state index in [1.165, 1.54) is 16.7 Å². The number of anilines is 1. The molecule has 20 heavy (non-hydrogen) atoms. The molecule has 0 saturated carbocycles. The zero-order valence-electron chi connectivity index (χ0n) is 11.3. The number of fused-ring (bicyclic) bond motifs is 1. The molecule has 104 valence electrons. The summed E-state index contributed by atoms with van der Waals surface area (Å²) in [5, 5.41) is 8.45. The molecular formula is C14H14N2O3S. The second kappa shape index (κ2) is 5.97. The van der Waals surface area contributed by atoms with Crippen molar-refractivity contribution in [2.24, 2.45) is 0 Å². The van der Waals surface area contributed by atoms with E-state index in [9.17, 15) is 9.59 Å². The molecule has 1 unspecified atom stereocenters. The van der Waals surface area contributed by atoms with Gasteiger partial charge in [0.15, 0.2) is 11.9 Å². The molecule has 5 nitrogen and oxygen atoms in total. The smallest absolute Gasteiger partial charge is 0.267 e. The van der Waals surface area contributed by atoms with Crippen LogP contribution >= 0.6 is 11.8 Å². The van der Waals surface area contributed by atoms with Crippen molar-refractivity contribution >= 4 is 29.1 Å². The predicted molar refractivity (Wildman–Crippen MR) is 77.2 cm³/mol. The Hall–Kier alpha value is -2.00. The molecule has 2 rings (SSSR count). The van der Waals surface area contributed by atoms with Crippen LogP contribution in [-0.4, -0.2) is 36.3 Å². The normalized spacial score (nSPS) is 17.1. The van der Waals surface area contributed by atoms with Crippen molar-refractivity contribution in [2.45, 2.75) is 13.0 Å². The number of thioether (sulfide) groups is 1. The Kier molecular flexibility index (Phi) is 4.30. The van der Waals surface area contributed by atoms with Gasteiger partial charge in [-0.1, -0.05) is 0 Å². The summed E-state index contributed by atoms with van der Waals surface area (Å²) in [6, 6.07) is 7.03.